The molecule has 0 aliphatic heterocycles. The summed E-state index contributed by atoms with van der Waals surface area (Å²) in [5.74, 6) is 3.34. The molecule has 0 saturated heterocycles. The van der Waals surface area contributed by atoms with E-state index in [1.54, 1.807) is 5.43 Å². The molecule has 0 radical (unpaired) electrons. The third-order valence-electron chi connectivity index (χ3n) is 3.19. The lowest BCUT2D eigenvalue weighted by atomic mass is 9.64. The third-order valence-corrected chi connectivity index (χ3v) is 3.19. The molecule has 6 heteroatoms. The molecule has 1 saturated carbocycles. The molecule has 92 valence electrons. The van der Waals surface area contributed by atoms with E-state index in [9.17, 15) is 9.59 Å². The van der Waals surface area contributed by atoms with Crippen molar-refractivity contribution < 1.29 is 14.3 Å². The lowest BCUT2D eigenvalue weighted by Gasteiger charge is -2.51. The Bertz CT molecular complexity index is 291. The summed E-state index contributed by atoms with van der Waals surface area (Å²) in [4.78, 5) is 22.2. The van der Waals surface area contributed by atoms with Gasteiger partial charge in [-0.1, -0.05) is 13.8 Å². The van der Waals surface area contributed by atoms with Crippen LogP contribution in [-0.4, -0.2) is 30.6 Å². The second-order valence-electron chi connectivity index (χ2n) is 4.50. The predicted octanol–water partition coefficient (Wildman–Crippen LogP) is -0.704. The van der Waals surface area contributed by atoms with Crippen LogP contribution in [0.4, 0.5) is 0 Å². The van der Waals surface area contributed by atoms with Crippen molar-refractivity contribution in [2.24, 2.45) is 11.3 Å². The predicted molar refractivity (Wildman–Crippen MR) is 58.1 cm³/mol. The van der Waals surface area contributed by atoms with Gasteiger partial charge in [0, 0.05) is 18.1 Å². The van der Waals surface area contributed by atoms with Gasteiger partial charge in [-0.15, -0.1) is 0 Å². The van der Waals surface area contributed by atoms with Crippen LogP contribution in [0.5, 0.6) is 0 Å². The quantitative estimate of drug-likeness (QED) is 0.258. The maximum absolute atomic E-state index is 11.3. The lowest BCUT2D eigenvalue weighted by Crippen LogP contribution is -2.63. The van der Waals surface area contributed by atoms with Crippen molar-refractivity contribution in [3.63, 3.8) is 0 Å². The van der Waals surface area contributed by atoms with Gasteiger partial charge in [0.05, 0.1) is 6.10 Å². The Labute approximate surface area is 94.9 Å². The van der Waals surface area contributed by atoms with Gasteiger partial charge in [-0.05, 0) is 13.3 Å². The number of rotatable bonds is 3. The zero-order valence-corrected chi connectivity index (χ0v) is 9.87. The Balaban J connectivity index is 2.47. The summed E-state index contributed by atoms with van der Waals surface area (Å²) < 4.78 is 5.52. The Hall–Kier alpha value is -1.14. The van der Waals surface area contributed by atoms with E-state index in [2.05, 4.69) is 5.32 Å². The highest BCUT2D eigenvalue weighted by atomic mass is 16.5. The molecule has 0 aromatic carbocycles. The smallest absolute Gasteiger partial charge is 0.323 e. The monoisotopic (exact) mass is 229 g/mol. The van der Waals surface area contributed by atoms with Crippen LogP contribution in [0.3, 0.4) is 0 Å². The summed E-state index contributed by atoms with van der Waals surface area (Å²) in [6.07, 6.45) is 0.855. The van der Waals surface area contributed by atoms with Crippen LogP contribution in [0, 0.1) is 5.41 Å². The number of hydrogen-bond donors (Lipinski definition) is 3. The van der Waals surface area contributed by atoms with Gasteiger partial charge in [0.15, 0.2) is 0 Å². The Morgan fingerprint density at radius 3 is 2.50 bits per heavy atom. The number of amides is 2. The van der Waals surface area contributed by atoms with Gasteiger partial charge in [0.2, 0.25) is 0 Å². The van der Waals surface area contributed by atoms with Crippen molar-refractivity contribution in [2.45, 2.75) is 39.3 Å². The van der Waals surface area contributed by atoms with Gasteiger partial charge in [-0.25, -0.2) is 5.84 Å². The number of nitrogens with two attached hydrogens (primary N) is 1. The minimum Gasteiger partial charge on any atom is -0.378 e. The number of hydrazine groups is 1. The van der Waals surface area contributed by atoms with E-state index in [-0.39, 0.29) is 17.6 Å². The summed E-state index contributed by atoms with van der Waals surface area (Å²) in [7, 11) is 0. The van der Waals surface area contributed by atoms with Crippen LogP contribution < -0.4 is 16.6 Å². The molecule has 4 N–H and O–H groups in total. The first-order valence-corrected chi connectivity index (χ1v) is 5.36. The van der Waals surface area contributed by atoms with Crippen LogP contribution in [0.1, 0.15) is 27.2 Å². The van der Waals surface area contributed by atoms with Crippen LogP contribution >= 0.6 is 0 Å². The van der Waals surface area contributed by atoms with Gasteiger partial charge in [-0.3, -0.25) is 15.0 Å². The van der Waals surface area contributed by atoms with Crippen molar-refractivity contribution >= 4 is 11.8 Å². The fourth-order valence-electron chi connectivity index (χ4n) is 1.90. The minimum absolute atomic E-state index is 0.0474. The molecule has 0 heterocycles. The van der Waals surface area contributed by atoms with Gasteiger partial charge >= 0.3 is 11.8 Å². The van der Waals surface area contributed by atoms with Crippen LogP contribution in [0.25, 0.3) is 0 Å². The molecular weight excluding hydrogens is 210 g/mol. The van der Waals surface area contributed by atoms with Crippen LogP contribution in [-0.2, 0) is 14.3 Å². The largest absolute Gasteiger partial charge is 0.378 e. The first-order valence-electron chi connectivity index (χ1n) is 5.36. The normalized spacial score (nSPS) is 26.8. The Morgan fingerprint density at radius 1 is 1.44 bits per heavy atom. The first-order chi connectivity index (χ1) is 7.43. The molecule has 0 spiro atoms. The van der Waals surface area contributed by atoms with E-state index in [1.807, 2.05) is 20.8 Å². The Kier molecular flexibility index (Phi) is 3.88. The van der Waals surface area contributed by atoms with Crippen molar-refractivity contribution in [1.29, 1.82) is 0 Å². The zero-order valence-electron chi connectivity index (χ0n) is 9.87. The molecule has 2 atom stereocenters. The standard InChI is InChI=1S/C10H19N3O3/c1-4-16-7-5-6(10(7,2)3)12-8(14)9(15)13-11/h6-7H,4-5,11H2,1-3H3,(H,12,14)(H,13,15). The third kappa shape index (κ3) is 2.33. The fourth-order valence-corrected chi connectivity index (χ4v) is 1.90. The average Bonchev–Trinajstić information content (AvgIpc) is 2.26. The molecule has 1 rings (SSSR count). The number of nitrogens with one attached hydrogen (secondary N) is 2. The SMILES string of the molecule is CCOC1CC(NC(=O)C(=O)NN)C1(C)C. The van der Waals surface area contributed by atoms with E-state index < -0.39 is 11.8 Å². The molecular formula is C10H19N3O3. The average molecular weight is 229 g/mol. The maximum Gasteiger partial charge on any atom is 0.323 e. The molecule has 1 fully saturated rings. The fraction of sp³-hybridized carbons (Fsp3) is 0.800. The molecule has 2 amide bonds. The van der Waals surface area contributed by atoms with E-state index >= 15 is 0 Å². The first kappa shape index (κ1) is 12.9. The number of carbonyl (C=O) groups is 2. The van der Waals surface area contributed by atoms with E-state index in [0.717, 1.165) is 6.42 Å². The van der Waals surface area contributed by atoms with Crippen molar-refractivity contribution in [3.05, 3.63) is 0 Å². The lowest BCUT2D eigenvalue weighted by molar-refractivity contribution is -0.147. The highest BCUT2D eigenvalue weighted by molar-refractivity contribution is 6.35. The molecule has 16 heavy (non-hydrogen) atoms. The molecule has 6 nitrogen and oxygen atoms in total. The minimum atomic E-state index is -0.823. The summed E-state index contributed by atoms with van der Waals surface area (Å²) >= 11 is 0. The number of hydrogen-bond acceptors (Lipinski definition) is 4. The topological polar surface area (TPSA) is 93.4 Å². The zero-order chi connectivity index (χ0) is 12.3. The molecule has 1 aliphatic rings. The van der Waals surface area contributed by atoms with Crippen molar-refractivity contribution in [1.82, 2.24) is 10.7 Å². The highest BCUT2D eigenvalue weighted by Gasteiger charge is 2.49. The highest BCUT2D eigenvalue weighted by Crippen LogP contribution is 2.42. The van der Waals surface area contributed by atoms with E-state index in [0.29, 0.717) is 6.61 Å². The Morgan fingerprint density at radius 2 is 2.06 bits per heavy atom. The van der Waals surface area contributed by atoms with E-state index in [1.165, 1.54) is 0 Å². The van der Waals surface area contributed by atoms with Gasteiger partial charge in [0.25, 0.3) is 0 Å². The van der Waals surface area contributed by atoms with Gasteiger partial charge in [-0.2, -0.15) is 0 Å². The van der Waals surface area contributed by atoms with Gasteiger partial charge in [0.1, 0.15) is 0 Å². The molecule has 0 aromatic heterocycles. The van der Waals surface area contributed by atoms with Crippen LogP contribution in [0.2, 0.25) is 0 Å². The van der Waals surface area contributed by atoms with Crippen molar-refractivity contribution in [2.75, 3.05) is 6.61 Å². The van der Waals surface area contributed by atoms with Crippen molar-refractivity contribution in [3.8, 4) is 0 Å². The van der Waals surface area contributed by atoms with E-state index in [4.69, 9.17) is 10.6 Å². The van der Waals surface area contributed by atoms with Crippen LogP contribution in [0.15, 0.2) is 0 Å². The number of ether oxygens (including phenoxy) is 1. The number of carbonyl (C=O) groups excluding carboxylic acids is 2. The summed E-state index contributed by atoms with van der Waals surface area (Å²) in [6, 6.07) is -0.0474. The van der Waals surface area contributed by atoms with Gasteiger partial charge < -0.3 is 10.1 Å². The molecule has 1 aliphatic carbocycles. The molecule has 2 unspecified atom stereocenters. The summed E-state index contributed by atoms with van der Waals surface area (Å²) in [6.45, 7) is 6.59. The maximum atomic E-state index is 11.3. The second kappa shape index (κ2) is 4.80. The second-order valence-corrected chi connectivity index (χ2v) is 4.50. The molecule has 0 aromatic rings. The summed E-state index contributed by atoms with van der Waals surface area (Å²) in [5, 5.41) is 2.63. The summed E-state index contributed by atoms with van der Waals surface area (Å²) in [5.41, 5.74) is 1.65. The molecule has 0 bridgehead atoms.